The minimum absolute atomic E-state index is 0.148. The monoisotopic (exact) mass is 339 g/mol. The lowest BCUT2D eigenvalue weighted by molar-refractivity contribution is 0.0693. The zero-order valence-electron chi connectivity index (χ0n) is 13.8. The number of sulfone groups is 1. The van der Waals surface area contributed by atoms with E-state index in [1.165, 1.54) is 6.26 Å². The standard InChI is InChI=1S/C16H25N3O3S/c1-19(13-9-5-6-10-14(13)23(2,21)22)16(20)15-11-7-3-4-8-12(11)17-18-15/h13-14H,3-10H2,1-2H3,(H,17,18)/t13-,14+/m0/s1. The van der Waals surface area contributed by atoms with Gasteiger partial charge in [-0.05, 0) is 38.5 Å². The molecule has 3 rings (SSSR count). The maximum absolute atomic E-state index is 12.9. The van der Waals surface area contributed by atoms with Crippen LogP contribution in [0.4, 0.5) is 0 Å². The second kappa shape index (κ2) is 6.26. The highest BCUT2D eigenvalue weighted by Crippen LogP contribution is 2.29. The van der Waals surface area contributed by atoms with E-state index in [1.807, 2.05) is 0 Å². The number of H-pyrrole nitrogens is 1. The number of carbonyl (C=O) groups is 1. The number of carbonyl (C=O) groups excluding carboxylic acids is 1. The minimum Gasteiger partial charge on any atom is -0.336 e. The lowest BCUT2D eigenvalue weighted by Gasteiger charge is -2.36. The molecule has 2 aliphatic rings. The van der Waals surface area contributed by atoms with Gasteiger partial charge in [-0.2, -0.15) is 5.10 Å². The van der Waals surface area contributed by atoms with E-state index in [0.717, 1.165) is 56.2 Å². The topological polar surface area (TPSA) is 83.1 Å². The molecular formula is C16H25N3O3S. The highest BCUT2D eigenvalue weighted by atomic mass is 32.2. The van der Waals surface area contributed by atoms with Crippen molar-refractivity contribution in [3.05, 3.63) is 17.0 Å². The Morgan fingerprint density at radius 3 is 2.61 bits per heavy atom. The highest BCUT2D eigenvalue weighted by molar-refractivity contribution is 7.91. The van der Waals surface area contributed by atoms with Crippen LogP contribution in [0, 0.1) is 0 Å². The van der Waals surface area contributed by atoms with Gasteiger partial charge in [0.25, 0.3) is 5.91 Å². The summed E-state index contributed by atoms with van der Waals surface area (Å²) in [7, 11) is -1.44. The lowest BCUT2D eigenvalue weighted by atomic mass is 9.92. The zero-order chi connectivity index (χ0) is 16.6. The normalized spacial score (nSPS) is 25.0. The first-order chi connectivity index (χ1) is 10.9. The van der Waals surface area contributed by atoms with Gasteiger partial charge in [-0.3, -0.25) is 9.89 Å². The fourth-order valence-corrected chi connectivity index (χ4v) is 5.48. The number of fused-ring (bicyclic) bond motifs is 1. The molecule has 23 heavy (non-hydrogen) atoms. The van der Waals surface area contributed by atoms with Crippen molar-refractivity contribution in [1.82, 2.24) is 15.1 Å². The molecule has 1 aromatic rings. The molecule has 0 bridgehead atoms. The van der Waals surface area contributed by atoms with E-state index < -0.39 is 15.1 Å². The molecule has 1 fully saturated rings. The quantitative estimate of drug-likeness (QED) is 0.909. The van der Waals surface area contributed by atoms with E-state index in [-0.39, 0.29) is 11.9 Å². The molecular weight excluding hydrogens is 314 g/mol. The molecule has 1 amide bonds. The number of hydrogen-bond acceptors (Lipinski definition) is 4. The number of aromatic amines is 1. The summed E-state index contributed by atoms with van der Waals surface area (Å²) in [6.45, 7) is 0. The van der Waals surface area contributed by atoms with Crippen LogP contribution in [0.1, 0.15) is 60.3 Å². The molecule has 0 spiro atoms. The maximum Gasteiger partial charge on any atom is 0.274 e. The van der Waals surface area contributed by atoms with Crippen LogP contribution >= 0.6 is 0 Å². The molecule has 1 saturated carbocycles. The van der Waals surface area contributed by atoms with E-state index in [4.69, 9.17) is 0 Å². The highest BCUT2D eigenvalue weighted by Gasteiger charge is 2.38. The predicted molar refractivity (Wildman–Crippen MR) is 88.2 cm³/mol. The summed E-state index contributed by atoms with van der Waals surface area (Å²) in [5.74, 6) is -0.148. The van der Waals surface area contributed by atoms with Gasteiger partial charge in [0.1, 0.15) is 0 Å². The third kappa shape index (κ3) is 3.16. The van der Waals surface area contributed by atoms with Crippen LogP contribution in [-0.2, 0) is 22.7 Å². The number of aryl methyl sites for hydroxylation is 1. The van der Waals surface area contributed by atoms with E-state index in [2.05, 4.69) is 10.2 Å². The molecule has 0 saturated heterocycles. The van der Waals surface area contributed by atoms with E-state index >= 15 is 0 Å². The summed E-state index contributed by atoms with van der Waals surface area (Å²) < 4.78 is 24.2. The first kappa shape index (κ1) is 16.5. The van der Waals surface area contributed by atoms with Crippen LogP contribution in [0.5, 0.6) is 0 Å². The van der Waals surface area contributed by atoms with Crippen molar-refractivity contribution in [3.8, 4) is 0 Å². The Morgan fingerprint density at radius 2 is 1.87 bits per heavy atom. The first-order valence-corrected chi connectivity index (χ1v) is 10.4. The van der Waals surface area contributed by atoms with Gasteiger partial charge in [-0.15, -0.1) is 0 Å². The largest absolute Gasteiger partial charge is 0.336 e. The van der Waals surface area contributed by atoms with Crippen molar-refractivity contribution < 1.29 is 13.2 Å². The van der Waals surface area contributed by atoms with Crippen LogP contribution < -0.4 is 0 Å². The number of nitrogens with zero attached hydrogens (tertiary/aromatic N) is 2. The van der Waals surface area contributed by atoms with Gasteiger partial charge in [0.05, 0.1) is 5.25 Å². The second-order valence-corrected chi connectivity index (χ2v) is 9.14. The molecule has 0 aromatic carbocycles. The summed E-state index contributed by atoms with van der Waals surface area (Å²) in [5, 5.41) is 6.77. The fraction of sp³-hybridized carbons (Fsp3) is 0.750. The van der Waals surface area contributed by atoms with Gasteiger partial charge >= 0.3 is 0 Å². The van der Waals surface area contributed by atoms with Crippen LogP contribution in [0.2, 0.25) is 0 Å². The van der Waals surface area contributed by atoms with Crippen molar-refractivity contribution >= 4 is 15.7 Å². The van der Waals surface area contributed by atoms with Crippen molar-refractivity contribution in [2.45, 2.75) is 62.7 Å². The molecule has 1 N–H and O–H groups in total. The maximum atomic E-state index is 12.9. The third-order valence-corrected chi connectivity index (χ3v) is 6.94. The SMILES string of the molecule is CN(C(=O)c1n[nH]c2c1CCCC2)[C@H]1CCCC[C@H]1S(C)(=O)=O. The van der Waals surface area contributed by atoms with Crippen LogP contribution in [-0.4, -0.2) is 54.0 Å². The van der Waals surface area contributed by atoms with Crippen LogP contribution in [0.15, 0.2) is 0 Å². The van der Waals surface area contributed by atoms with Gasteiger partial charge in [0, 0.05) is 30.6 Å². The van der Waals surface area contributed by atoms with Gasteiger partial charge < -0.3 is 4.90 Å². The summed E-state index contributed by atoms with van der Waals surface area (Å²) in [4.78, 5) is 14.5. The average molecular weight is 339 g/mol. The average Bonchev–Trinajstić information content (AvgIpc) is 2.96. The summed E-state index contributed by atoms with van der Waals surface area (Å²) in [6.07, 6.45) is 8.55. The van der Waals surface area contributed by atoms with Crippen LogP contribution in [0.3, 0.4) is 0 Å². The van der Waals surface area contributed by atoms with E-state index in [1.54, 1.807) is 11.9 Å². The molecule has 0 radical (unpaired) electrons. The number of rotatable bonds is 3. The molecule has 0 unspecified atom stereocenters. The van der Waals surface area contributed by atoms with Crippen molar-refractivity contribution in [1.29, 1.82) is 0 Å². The second-order valence-electron chi connectivity index (χ2n) is 6.87. The van der Waals surface area contributed by atoms with Gasteiger partial charge in [-0.25, -0.2) is 8.42 Å². The van der Waals surface area contributed by atoms with Crippen molar-refractivity contribution in [2.24, 2.45) is 0 Å². The molecule has 2 atom stereocenters. The molecule has 0 aliphatic heterocycles. The summed E-state index contributed by atoms with van der Waals surface area (Å²) in [6, 6.07) is -0.248. The number of nitrogens with one attached hydrogen (secondary N) is 1. The third-order valence-electron chi connectivity index (χ3n) is 5.29. The van der Waals surface area contributed by atoms with Gasteiger partial charge in [0.15, 0.2) is 15.5 Å². The Labute approximate surface area is 137 Å². The molecule has 7 heteroatoms. The Kier molecular flexibility index (Phi) is 4.49. The molecule has 1 aromatic heterocycles. The number of aromatic nitrogens is 2. The number of amides is 1. The first-order valence-electron chi connectivity index (χ1n) is 8.41. The summed E-state index contributed by atoms with van der Waals surface area (Å²) in [5.41, 5.74) is 2.58. The summed E-state index contributed by atoms with van der Waals surface area (Å²) >= 11 is 0. The smallest absolute Gasteiger partial charge is 0.274 e. The van der Waals surface area contributed by atoms with Gasteiger partial charge in [-0.1, -0.05) is 12.8 Å². The van der Waals surface area contributed by atoms with Gasteiger partial charge in [0.2, 0.25) is 0 Å². The van der Waals surface area contributed by atoms with Crippen LogP contribution in [0.25, 0.3) is 0 Å². The molecule has 6 nitrogen and oxygen atoms in total. The Morgan fingerprint density at radius 1 is 1.17 bits per heavy atom. The van der Waals surface area contributed by atoms with Crippen molar-refractivity contribution in [3.63, 3.8) is 0 Å². The lowest BCUT2D eigenvalue weighted by Crippen LogP contribution is -2.49. The zero-order valence-corrected chi connectivity index (χ0v) is 14.7. The minimum atomic E-state index is -3.16. The predicted octanol–water partition coefficient (Wildman–Crippen LogP) is 1.72. The van der Waals surface area contributed by atoms with E-state index in [9.17, 15) is 13.2 Å². The Balaban J connectivity index is 1.85. The molecule has 2 aliphatic carbocycles. The molecule has 1 heterocycles. The molecule has 128 valence electrons. The fourth-order valence-electron chi connectivity index (χ4n) is 4.00. The van der Waals surface area contributed by atoms with Crippen molar-refractivity contribution in [2.75, 3.05) is 13.3 Å². The van der Waals surface area contributed by atoms with E-state index in [0.29, 0.717) is 12.1 Å². The Hall–Kier alpha value is -1.37. The number of hydrogen-bond donors (Lipinski definition) is 1. The Bertz CT molecular complexity index is 695.